The van der Waals surface area contributed by atoms with E-state index in [1.165, 1.54) is 47.9 Å². The summed E-state index contributed by atoms with van der Waals surface area (Å²) in [4.78, 5) is 4.55. The summed E-state index contributed by atoms with van der Waals surface area (Å²) in [5, 5.41) is 3.40. The fourth-order valence-electron chi connectivity index (χ4n) is 3.19. The zero-order valence-electron chi connectivity index (χ0n) is 15.1. The van der Waals surface area contributed by atoms with Crippen LogP contribution in [0.15, 0.2) is 17.1 Å². The van der Waals surface area contributed by atoms with E-state index in [4.69, 9.17) is 0 Å². The van der Waals surface area contributed by atoms with Gasteiger partial charge < -0.3 is 5.32 Å². The Labute approximate surface area is 136 Å². The van der Waals surface area contributed by atoms with Crippen LogP contribution in [0.5, 0.6) is 0 Å². The quantitative estimate of drug-likeness (QED) is 0.762. The molecule has 1 aliphatic rings. The molecular formula is C20H32N2. The van der Waals surface area contributed by atoms with Crippen LogP contribution in [0.2, 0.25) is 0 Å². The van der Waals surface area contributed by atoms with Crippen molar-refractivity contribution in [3.05, 3.63) is 34.4 Å². The molecule has 1 aliphatic heterocycles. The third kappa shape index (κ3) is 4.86. The Bertz CT molecular complexity index is 535. The fourth-order valence-corrected chi connectivity index (χ4v) is 3.19. The number of aliphatic imine (C=N–C) groups is 1. The molecule has 0 atom stereocenters. The zero-order valence-corrected chi connectivity index (χ0v) is 15.1. The SMILES string of the molecule is Cc1ccc(CCCCC(C)(C)C)c(C)c1CC1=NCCN1. The van der Waals surface area contributed by atoms with Gasteiger partial charge in [-0.1, -0.05) is 39.3 Å². The largest absolute Gasteiger partial charge is 0.372 e. The first-order valence-electron chi connectivity index (χ1n) is 8.72. The van der Waals surface area contributed by atoms with E-state index in [0.29, 0.717) is 5.41 Å². The average Bonchev–Trinajstić information content (AvgIpc) is 2.93. The minimum absolute atomic E-state index is 0.458. The van der Waals surface area contributed by atoms with E-state index in [2.05, 4.69) is 57.1 Å². The van der Waals surface area contributed by atoms with Crippen molar-refractivity contribution in [1.82, 2.24) is 5.32 Å². The summed E-state index contributed by atoms with van der Waals surface area (Å²) in [6, 6.07) is 4.62. The predicted octanol–water partition coefficient (Wildman–Crippen LogP) is 4.61. The van der Waals surface area contributed by atoms with Crippen molar-refractivity contribution < 1.29 is 0 Å². The Kier molecular flexibility index (Phi) is 5.66. The smallest absolute Gasteiger partial charge is 0.101 e. The molecule has 0 spiro atoms. The van der Waals surface area contributed by atoms with E-state index in [-0.39, 0.29) is 0 Å². The first kappa shape index (κ1) is 17.1. The summed E-state index contributed by atoms with van der Waals surface area (Å²) in [6.45, 7) is 13.4. The van der Waals surface area contributed by atoms with Gasteiger partial charge in [0, 0.05) is 13.0 Å². The second-order valence-corrected chi connectivity index (χ2v) is 7.84. The van der Waals surface area contributed by atoms with Crippen LogP contribution in [-0.2, 0) is 12.8 Å². The second-order valence-electron chi connectivity index (χ2n) is 7.84. The lowest BCUT2D eigenvalue weighted by molar-refractivity contribution is 0.360. The molecule has 0 fully saturated rings. The van der Waals surface area contributed by atoms with Crippen LogP contribution >= 0.6 is 0 Å². The predicted molar refractivity (Wildman–Crippen MR) is 96.9 cm³/mol. The van der Waals surface area contributed by atoms with Gasteiger partial charge in [0.05, 0.1) is 6.54 Å². The van der Waals surface area contributed by atoms with Crippen LogP contribution in [0.25, 0.3) is 0 Å². The third-order valence-electron chi connectivity index (χ3n) is 4.66. The summed E-state index contributed by atoms with van der Waals surface area (Å²) in [6.07, 6.45) is 6.09. The summed E-state index contributed by atoms with van der Waals surface area (Å²) < 4.78 is 0. The number of unbranched alkanes of at least 4 members (excludes halogenated alkanes) is 1. The van der Waals surface area contributed by atoms with E-state index >= 15 is 0 Å². The van der Waals surface area contributed by atoms with Crippen molar-refractivity contribution in [3.8, 4) is 0 Å². The molecule has 2 nitrogen and oxygen atoms in total. The highest BCUT2D eigenvalue weighted by Crippen LogP contribution is 2.24. The highest BCUT2D eigenvalue weighted by atomic mass is 15.1. The number of rotatable bonds is 6. The zero-order chi connectivity index (χ0) is 16.2. The maximum Gasteiger partial charge on any atom is 0.101 e. The van der Waals surface area contributed by atoms with Crippen LogP contribution in [-0.4, -0.2) is 18.9 Å². The lowest BCUT2D eigenvalue weighted by Gasteiger charge is -2.18. The molecule has 0 saturated heterocycles. The van der Waals surface area contributed by atoms with Crippen molar-refractivity contribution in [3.63, 3.8) is 0 Å². The summed E-state index contributed by atoms with van der Waals surface area (Å²) in [5.74, 6) is 1.16. The van der Waals surface area contributed by atoms with Crippen molar-refractivity contribution in [2.45, 2.75) is 66.7 Å². The van der Waals surface area contributed by atoms with Crippen LogP contribution in [0.4, 0.5) is 0 Å². The van der Waals surface area contributed by atoms with E-state index in [1.54, 1.807) is 0 Å². The Morgan fingerprint density at radius 3 is 2.55 bits per heavy atom. The normalized spacial score (nSPS) is 14.9. The molecule has 0 radical (unpaired) electrons. The minimum Gasteiger partial charge on any atom is -0.372 e. The van der Waals surface area contributed by atoms with E-state index in [9.17, 15) is 0 Å². The minimum atomic E-state index is 0.458. The molecule has 0 amide bonds. The molecule has 122 valence electrons. The molecule has 2 heteroatoms. The summed E-state index contributed by atoms with van der Waals surface area (Å²) in [5.41, 5.74) is 6.33. The molecule has 2 rings (SSSR count). The van der Waals surface area contributed by atoms with E-state index < -0.39 is 0 Å². The number of nitrogens with zero attached hydrogens (tertiary/aromatic N) is 1. The van der Waals surface area contributed by atoms with Gasteiger partial charge in [-0.05, 0) is 60.8 Å². The molecule has 1 aromatic rings. The summed E-state index contributed by atoms with van der Waals surface area (Å²) >= 11 is 0. The van der Waals surface area contributed by atoms with Crippen molar-refractivity contribution in [1.29, 1.82) is 0 Å². The Morgan fingerprint density at radius 2 is 1.91 bits per heavy atom. The summed E-state index contributed by atoms with van der Waals surface area (Å²) in [7, 11) is 0. The third-order valence-corrected chi connectivity index (χ3v) is 4.66. The van der Waals surface area contributed by atoms with Crippen molar-refractivity contribution in [2.75, 3.05) is 13.1 Å². The maximum atomic E-state index is 4.55. The van der Waals surface area contributed by atoms with Gasteiger partial charge in [0.1, 0.15) is 5.84 Å². The maximum absolute atomic E-state index is 4.55. The molecule has 0 saturated carbocycles. The lowest BCUT2D eigenvalue weighted by atomic mass is 9.88. The van der Waals surface area contributed by atoms with Gasteiger partial charge in [-0.3, -0.25) is 4.99 Å². The van der Waals surface area contributed by atoms with Crippen molar-refractivity contribution >= 4 is 5.84 Å². The molecule has 1 aromatic carbocycles. The Morgan fingerprint density at radius 1 is 1.14 bits per heavy atom. The number of hydrogen-bond donors (Lipinski definition) is 1. The first-order valence-corrected chi connectivity index (χ1v) is 8.72. The van der Waals surface area contributed by atoms with Gasteiger partial charge in [-0.2, -0.15) is 0 Å². The first-order chi connectivity index (χ1) is 10.4. The van der Waals surface area contributed by atoms with Gasteiger partial charge in [-0.25, -0.2) is 0 Å². The molecular weight excluding hydrogens is 268 g/mol. The monoisotopic (exact) mass is 300 g/mol. The number of aryl methyl sites for hydroxylation is 2. The highest BCUT2D eigenvalue weighted by molar-refractivity contribution is 5.86. The van der Waals surface area contributed by atoms with E-state index in [0.717, 1.165) is 25.3 Å². The van der Waals surface area contributed by atoms with Crippen LogP contribution in [0, 0.1) is 19.3 Å². The van der Waals surface area contributed by atoms with Gasteiger partial charge in [-0.15, -0.1) is 0 Å². The van der Waals surface area contributed by atoms with Crippen molar-refractivity contribution in [2.24, 2.45) is 10.4 Å². The van der Waals surface area contributed by atoms with Gasteiger partial charge in [0.15, 0.2) is 0 Å². The van der Waals surface area contributed by atoms with Gasteiger partial charge in [0.25, 0.3) is 0 Å². The second kappa shape index (κ2) is 7.30. The standard InChI is InChI=1S/C20H32N2/c1-15-9-10-17(8-6-7-11-20(3,4)5)16(2)18(15)14-19-21-12-13-22-19/h9-10H,6-8,11-14H2,1-5H3,(H,21,22). The Hall–Kier alpha value is -1.31. The molecule has 22 heavy (non-hydrogen) atoms. The van der Waals surface area contributed by atoms with Crippen LogP contribution in [0.3, 0.4) is 0 Å². The molecule has 1 heterocycles. The molecule has 0 aliphatic carbocycles. The van der Waals surface area contributed by atoms with Crippen LogP contribution < -0.4 is 5.32 Å². The Balaban J connectivity index is 2.00. The van der Waals surface area contributed by atoms with Gasteiger partial charge in [0.2, 0.25) is 0 Å². The molecule has 0 bridgehead atoms. The highest BCUT2D eigenvalue weighted by Gasteiger charge is 2.13. The fraction of sp³-hybridized carbons (Fsp3) is 0.650. The molecule has 0 unspecified atom stereocenters. The lowest BCUT2D eigenvalue weighted by Crippen LogP contribution is -2.21. The number of benzene rings is 1. The average molecular weight is 300 g/mol. The molecule has 0 aromatic heterocycles. The topological polar surface area (TPSA) is 24.4 Å². The number of amidine groups is 1. The number of nitrogens with one attached hydrogen (secondary N) is 1. The van der Waals surface area contributed by atoms with Crippen LogP contribution in [0.1, 0.15) is 62.3 Å². The van der Waals surface area contributed by atoms with E-state index in [1.807, 2.05) is 0 Å². The van der Waals surface area contributed by atoms with Gasteiger partial charge >= 0.3 is 0 Å². The number of hydrogen-bond acceptors (Lipinski definition) is 2. The molecule has 1 N–H and O–H groups in total.